The molecule has 0 bridgehead atoms. The molecule has 0 saturated carbocycles. The quantitative estimate of drug-likeness (QED) is 0.130. The molecule has 0 aromatic heterocycles. The average Bonchev–Trinajstić information content (AvgIpc) is 2.60. The first-order valence-electron chi connectivity index (χ1n) is 10.1. The summed E-state index contributed by atoms with van der Waals surface area (Å²) < 4.78 is 0. The van der Waals surface area contributed by atoms with Crippen LogP contribution in [0.2, 0.25) is 0 Å². The van der Waals surface area contributed by atoms with E-state index in [4.69, 9.17) is 11.1 Å². The number of nitrogens with one attached hydrogen (secondary N) is 3. The number of hydrogen-bond acceptors (Lipinski definition) is 4. The molecule has 8 heteroatoms. The van der Waals surface area contributed by atoms with Crippen molar-refractivity contribution in [2.75, 3.05) is 11.9 Å². The van der Waals surface area contributed by atoms with Gasteiger partial charge in [0.2, 0.25) is 11.8 Å². The molecule has 0 heterocycles. The lowest BCUT2D eigenvalue weighted by atomic mass is 9.87. The molecule has 0 saturated heterocycles. The van der Waals surface area contributed by atoms with Crippen molar-refractivity contribution >= 4 is 39.4 Å². The number of halogens is 1. The Labute approximate surface area is 177 Å². The van der Waals surface area contributed by atoms with Crippen molar-refractivity contribution in [3.8, 4) is 0 Å². The summed E-state index contributed by atoms with van der Waals surface area (Å²) in [7, 11) is 0. The molecule has 0 aliphatic rings. The summed E-state index contributed by atoms with van der Waals surface area (Å²) in [5.74, 6) is -0.414. The highest BCUT2D eigenvalue weighted by Crippen LogP contribution is 2.19. The van der Waals surface area contributed by atoms with Crippen LogP contribution in [0.15, 0.2) is 0 Å². The largest absolute Gasteiger partial charge is 0.388 e. The fourth-order valence-electron chi connectivity index (χ4n) is 3.03. The van der Waals surface area contributed by atoms with E-state index in [1.807, 2.05) is 27.7 Å². The van der Waals surface area contributed by atoms with Crippen molar-refractivity contribution < 1.29 is 14.4 Å². The van der Waals surface area contributed by atoms with Crippen LogP contribution >= 0.6 is 15.9 Å². The minimum Gasteiger partial charge on any atom is -0.388 e. The van der Waals surface area contributed by atoms with Gasteiger partial charge in [0.25, 0.3) is 0 Å². The van der Waals surface area contributed by atoms with Gasteiger partial charge in [0.05, 0.1) is 17.2 Å². The highest BCUT2D eigenvalue weighted by molar-refractivity contribution is 9.09. The number of Topliss-reactive ketones (excluding diaryl/α,β-unsaturated/α-hetero) is 1. The molecule has 2 atom stereocenters. The van der Waals surface area contributed by atoms with Gasteiger partial charge in [0, 0.05) is 25.3 Å². The fourth-order valence-corrected chi connectivity index (χ4v) is 3.19. The van der Waals surface area contributed by atoms with Crippen LogP contribution in [-0.4, -0.2) is 41.3 Å². The van der Waals surface area contributed by atoms with Crippen LogP contribution in [0.5, 0.6) is 0 Å². The number of carbonyl (C=O) groups excluding carboxylic acids is 3. The summed E-state index contributed by atoms with van der Waals surface area (Å²) in [5, 5.41) is 13.0. The van der Waals surface area contributed by atoms with Gasteiger partial charge in [-0.3, -0.25) is 19.8 Å². The van der Waals surface area contributed by atoms with E-state index in [1.54, 1.807) is 0 Å². The third-order valence-electron chi connectivity index (χ3n) is 4.45. The molecular weight excluding hydrogens is 424 g/mol. The third-order valence-corrected chi connectivity index (χ3v) is 4.96. The number of rotatable bonds is 15. The molecule has 0 spiro atoms. The van der Waals surface area contributed by atoms with E-state index in [2.05, 4.69) is 26.6 Å². The summed E-state index contributed by atoms with van der Waals surface area (Å²) in [5.41, 5.74) is 5.33. The summed E-state index contributed by atoms with van der Waals surface area (Å²) in [6.45, 7) is 8.37. The molecule has 0 rings (SSSR count). The van der Waals surface area contributed by atoms with E-state index in [1.165, 1.54) is 0 Å². The first kappa shape index (κ1) is 26.6. The molecule has 28 heavy (non-hydrogen) atoms. The van der Waals surface area contributed by atoms with Gasteiger partial charge in [-0.05, 0) is 31.1 Å². The van der Waals surface area contributed by atoms with Gasteiger partial charge in [0.15, 0.2) is 5.78 Å². The van der Waals surface area contributed by atoms with Crippen LogP contribution in [0.1, 0.15) is 66.2 Å². The Morgan fingerprint density at radius 1 is 1.07 bits per heavy atom. The maximum absolute atomic E-state index is 12.8. The highest BCUT2D eigenvalue weighted by atomic mass is 79.9. The molecule has 7 nitrogen and oxygen atoms in total. The monoisotopic (exact) mass is 460 g/mol. The zero-order valence-corrected chi connectivity index (χ0v) is 19.2. The molecule has 0 aromatic rings. The Bertz CT molecular complexity index is 524. The maximum atomic E-state index is 12.8. The second-order valence-electron chi connectivity index (χ2n) is 8.05. The van der Waals surface area contributed by atoms with Crippen molar-refractivity contribution in [2.24, 2.45) is 23.5 Å². The number of alkyl halides is 1. The second kappa shape index (κ2) is 14.5. The molecule has 0 aliphatic heterocycles. The lowest BCUT2D eigenvalue weighted by molar-refractivity contribution is -0.132. The van der Waals surface area contributed by atoms with Crippen molar-refractivity contribution in [3.05, 3.63) is 0 Å². The Balaban J connectivity index is 4.73. The maximum Gasteiger partial charge on any atom is 0.231 e. The van der Waals surface area contributed by atoms with Gasteiger partial charge in [0.1, 0.15) is 0 Å². The summed E-state index contributed by atoms with van der Waals surface area (Å²) in [4.78, 5) is 37.1. The number of carbonyl (C=O) groups is 3. The van der Waals surface area contributed by atoms with Gasteiger partial charge in [-0.2, -0.15) is 0 Å². The topological polar surface area (TPSA) is 125 Å². The van der Waals surface area contributed by atoms with Crippen LogP contribution in [0.25, 0.3) is 0 Å². The third kappa shape index (κ3) is 12.1. The van der Waals surface area contributed by atoms with Gasteiger partial charge in [-0.1, -0.05) is 50.0 Å². The number of amides is 2. The van der Waals surface area contributed by atoms with E-state index in [-0.39, 0.29) is 47.0 Å². The molecule has 2 unspecified atom stereocenters. The Kier molecular flexibility index (Phi) is 13.8. The standard InChI is InChI=1S/C20H37BrN4O3/c1-13(2)10-15(20(28)24-9-7-5-6-8-17(22)23)11-16(26)19(14(3)4)25-18(27)12-21/h13-15,19H,5-12H2,1-4H3,(H3,22,23)(H,24,28)(H,25,27). The average molecular weight is 461 g/mol. The van der Waals surface area contributed by atoms with Crippen LogP contribution in [0.3, 0.4) is 0 Å². The Morgan fingerprint density at radius 2 is 1.71 bits per heavy atom. The zero-order valence-electron chi connectivity index (χ0n) is 17.6. The van der Waals surface area contributed by atoms with Crippen LogP contribution in [0, 0.1) is 23.2 Å². The Hall–Kier alpha value is -1.44. The minimum absolute atomic E-state index is 0.0421. The summed E-state index contributed by atoms with van der Waals surface area (Å²) >= 11 is 3.10. The minimum atomic E-state index is -0.584. The fraction of sp³-hybridized carbons (Fsp3) is 0.800. The van der Waals surface area contributed by atoms with Crippen LogP contribution in [-0.2, 0) is 14.4 Å². The number of unbranched alkanes of at least 4 members (excludes halogenated alkanes) is 2. The van der Waals surface area contributed by atoms with Gasteiger partial charge < -0.3 is 16.4 Å². The van der Waals surface area contributed by atoms with Gasteiger partial charge >= 0.3 is 0 Å². The number of ketones is 1. The van der Waals surface area contributed by atoms with E-state index in [0.29, 0.717) is 19.4 Å². The van der Waals surface area contributed by atoms with E-state index >= 15 is 0 Å². The molecule has 2 amide bonds. The lowest BCUT2D eigenvalue weighted by Crippen LogP contribution is -2.46. The molecule has 0 radical (unpaired) electrons. The number of amidine groups is 1. The van der Waals surface area contributed by atoms with Crippen molar-refractivity contribution in [2.45, 2.75) is 72.3 Å². The SMILES string of the molecule is CC(C)CC(CC(=O)C(NC(=O)CBr)C(C)C)C(=O)NCCCCCC(=N)N. The van der Waals surface area contributed by atoms with Crippen LogP contribution < -0.4 is 16.4 Å². The van der Waals surface area contributed by atoms with E-state index in [0.717, 1.165) is 19.3 Å². The first-order chi connectivity index (χ1) is 13.1. The highest BCUT2D eigenvalue weighted by Gasteiger charge is 2.29. The number of hydrogen-bond donors (Lipinski definition) is 4. The molecule has 5 N–H and O–H groups in total. The normalized spacial score (nSPS) is 13.2. The summed E-state index contributed by atoms with van der Waals surface area (Å²) in [6, 6.07) is -0.584. The van der Waals surface area contributed by atoms with E-state index in [9.17, 15) is 14.4 Å². The van der Waals surface area contributed by atoms with Crippen molar-refractivity contribution in [1.82, 2.24) is 10.6 Å². The predicted molar refractivity (Wildman–Crippen MR) is 117 cm³/mol. The summed E-state index contributed by atoms with van der Waals surface area (Å²) in [6.07, 6.45) is 3.87. The number of nitrogens with two attached hydrogens (primary N) is 1. The van der Waals surface area contributed by atoms with E-state index < -0.39 is 12.0 Å². The molecular formula is C20H37BrN4O3. The molecule has 162 valence electrons. The molecule has 0 aromatic carbocycles. The Morgan fingerprint density at radius 3 is 2.21 bits per heavy atom. The predicted octanol–water partition coefficient (Wildman–Crippen LogP) is 2.76. The smallest absolute Gasteiger partial charge is 0.231 e. The van der Waals surface area contributed by atoms with Gasteiger partial charge in [-0.15, -0.1) is 0 Å². The zero-order chi connectivity index (χ0) is 21.7. The second-order valence-corrected chi connectivity index (χ2v) is 8.61. The van der Waals surface area contributed by atoms with Gasteiger partial charge in [-0.25, -0.2) is 0 Å². The lowest BCUT2D eigenvalue weighted by Gasteiger charge is -2.24. The van der Waals surface area contributed by atoms with Crippen molar-refractivity contribution in [3.63, 3.8) is 0 Å². The first-order valence-corrected chi connectivity index (χ1v) is 11.2. The molecule has 0 aliphatic carbocycles. The van der Waals surface area contributed by atoms with Crippen molar-refractivity contribution in [1.29, 1.82) is 5.41 Å². The molecule has 0 fully saturated rings. The van der Waals surface area contributed by atoms with Crippen LogP contribution in [0.4, 0.5) is 0 Å².